The van der Waals surface area contributed by atoms with E-state index >= 15 is 0 Å². The van der Waals surface area contributed by atoms with Gasteiger partial charge in [0.2, 0.25) is 0 Å². The predicted octanol–water partition coefficient (Wildman–Crippen LogP) is 3.39. The zero-order chi connectivity index (χ0) is 8.72. The van der Waals surface area contributed by atoms with E-state index in [2.05, 4.69) is 59.6 Å². The summed E-state index contributed by atoms with van der Waals surface area (Å²) in [6, 6.07) is 6.39. The molecule has 0 atom stereocenters. The maximum absolute atomic E-state index is 3.39. The van der Waals surface area contributed by atoms with Crippen LogP contribution in [0.2, 0.25) is 0 Å². The van der Waals surface area contributed by atoms with Crippen LogP contribution in [-0.2, 0) is 0 Å². The lowest BCUT2D eigenvalue weighted by atomic mass is 10.2. The van der Waals surface area contributed by atoms with Crippen LogP contribution in [-0.4, -0.2) is 4.98 Å². The third-order valence-corrected chi connectivity index (χ3v) is 3.19. The molecule has 0 bridgehead atoms. The van der Waals surface area contributed by atoms with Gasteiger partial charge in [0.25, 0.3) is 0 Å². The Labute approximate surface area is 85.3 Å². The van der Waals surface area contributed by atoms with E-state index in [1.165, 1.54) is 25.7 Å². The number of hydrogen-bond donors (Lipinski definition) is 1. The summed E-state index contributed by atoms with van der Waals surface area (Å²) in [6.45, 7) is 4.27. The average Bonchev–Trinajstić information content (AvgIpc) is 2.32. The minimum Gasteiger partial charge on any atom is -0.358 e. The highest BCUT2D eigenvalue weighted by atomic mass is 127. The van der Waals surface area contributed by atoms with Crippen LogP contribution in [0.25, 0.3) is 10.9 Å². The number of fused-ring (bicyclic) bond motifs is 1. The number of nitrogens with one attached hydrogen (secondary N) is 1. The molecule has 1 nitrogen and oxygen atoms in total. The van der Waals surface area contributed by atoms with E-state index in [1.54, 1.807) is 0 Å². The van der Waals surface area contributed by atoms with Gasteiger partial charge in [0.15, 0.2) is 0 Å². The zero-order valence-electron chi connectivity index (χ0n) is 7.11. The summed E-state index contributed by atoms with van der Waals surface area (Å²) in [6.07, 6.45) is 0. The van der Waals surface area contributed by atoms with Crippen LogP contribution in [0.15, 0.2) is 18.2 Å². The number of aromatic nitrogens is 1. The molecule has 12 heavy (non-hydrogen) atoms. The van der Waals surface area contributed by atoms with Gasteiger partial charge in [-0.2, -0.15) is 0 Å². The van der Waals surface area contributed by atoms with Crippen LogP contribution in [0.4, 0.5) is 0 Å². The van der Waals surface area contributed by atoms with Crippen molar-refractivity contribution in [3.05, 3.63) is 33.0 Å². The van der Waals surface area contributed by atoms with Gasteiger partial charge < -0.3 is 4.98 Å². The van der Waals surface area contributed by atoms with E-state index in [0.717, 1.165) is 0 Å². The molecule has 0 saturated carbocycles. The van der Waals surface area contributed by atoms with Crippen LogP contribution in [0.1, 0.15) is 11.3 Å². The van der Waals surface area contributed by atoms with Crippen LogP contribution in [0.3, 0.4) is 0 Å². The molecule has 2 rings (SSSR count). The maximum Gasteiger partial charge on any atom is 0.0594 e. The second-order valence-corrected chi connectivity index (χ2v) is 4.20. The van der Waals surface area contributed by atoms with Gasteiger partial charge in [-0.1, -0.05) is 12.1 Å². The van der Waals surface area contributed by atoms with Crippen LogP contribution < -0.4 is 0 Å². The Kier molecular flexibility index (Phi) is 1.87. The Morgan fingerprint density at radius 2 is 2.00 bits per heavy atom. The van der Waals surface area contributed by atoms with E-state index in [4.69, 9.17) is 0 Å². The molecular weight excluding hydrogens is 261 g/mol. The molecule has 0 unspecified atom stereocenters. The number of benzene rings is 1. The van der Waals surface area contributed by atoms with Crippen molar-refractivity contribution in [3.63, 3.8) is 0 Å². The fourth-order valence-electron chi connectivity index (χ4n) is 1.45. The van der Waals surface area contributed by atoms with E-state index in [0.29, 0.717) is 0 Å². The van der Waals surface area contributed by atoms with E-state index in [1.807, 2.05) is 0 Å². The number of para-hydroxylation sites is 1. The molecule has 2 aromatic rings. The van der Waals surface area contributed by atoms with Crippen LogP contribution in [0, 0.1) is 17.4 Å². The summed E-state index contributed by atoms with van der Waals surface area (Å²) in [5.41, 5.74) is 3.91. The van der Waals surface area contributed by atoms with Crippen molar-refractivity contribution in [2.24, 2.45) is 0 Å². The Bertz CT molecular complexity index is 429. The lowest BCUT2D eigenvalue weighted by Crippen LogP contribution is -1.73. The zero-order valence-corrected chi connectivity index (χ0v) is 9.27. The lowest BCUT2D eigenvalue weighted by molar-refractivity contribution is 1.25. The molecule has 1 N–H and O–H groups in total. The minimum atomic E-state index is 1.27. The average molecular weight is 271 g/mol. The molecule has 0 aliphatic heterocycles. The second-order valence-electron chi connectivity index (χ2n) is 3.04. The van der Waals surface area contributed by atoms with Crippen molar-refractivity contribution < 1.29 is 0 Å². The molecule has 0 radical (unpaired) electrons. The molecule has 2 heteroatoms. The summed E-state index contributed by atoms with van der Waals surface area (Å²) in [4.78, 5) is 3.39. The maximum atomic E-state index is 3.39. The first-order valence-electron chi connectivity index (χ1n) is 3.93. The standard InChI is InChI=1S/C10H10IN/c1-6-7(2)12-10-8(6)4-3-5-9(10)11/h3-5,12H,1-2H3. The van der Waals surface area contributed by atoms with Gasteiger partial charge in [0.1, 0.15) is 0 Å². The molecule has 0 saturated heterocycles. The quantitative estimate of drug-likeness (QED) is 0.707. The van der Waals surface area contributed by atoms with Crippen molar-refractivity contribution in [1.82, 2.24) is 4.98 Å². The fraction of sp³-hybridized carbons (Fsp3) is 0.200. The first-order valence-corrected chi connectivity index (χ1v) is 5.01. The van der Waals surface area contributed by atoms with Gasteiger partial charge in [-0.3, -0.25) is 0 Å². The van der Waals surface area contributed by atoms with Crippen molar-refractivity contribution in [2.75, 3.05) is 0 Å². The van der Waals surface area contributed by atoms with Gasteiger partial charge in [0.05, 0.1) is 5.52 Å². The van der Waals surface area contributed by atoms with Crippen LogP contribution in [0.5, 0.6) is 0 Å². The monoisotopic (exact) mass is 271 g/mol. The number of hydrogen-bond acceptors (Lipinski definition) is 0. The summed E-state index contributed by atoms with van der Waals surface area (Å²) >= 11 is 2.36. The van der Waals surface area contributed by atoms with Gasteiger partial charge in [-0.15, -0.1) is 0 Å². The second kappa shape index (κ2) is 2.76. The van der Waals surface area contributed by atoms with Crippen molar-refractivity contribution in [2.45, 2.75) is 13.8 Å². The van der Waals surface area contributed by atoms with Gasteiger partial charge in [-0.25, -0.2) is 0 Å². The topological polar surface area (TPSA) is 15.8 Å². The fourth-order valence-corrected chi connectivity index (χ4v) is 2.08. The SMILES string of the molecule is Cc1[nH]c2c(I)cccc2c1C. The highest BCUT2D eigenvalue weighted by Gasteiger charge is 2.04. The van der Waals surface area contributed by atoms with Crippen molar-refractivity contribution >= 4 is 33.5 Å². The number of H-pyrrole nitrogens is 1. The first-order chi connectivity index (χ1) is 5.70. The Hall–Kier alpha value is -0.510. The van der Waals surface area contributed by atoms with Gasteiger partial charge in [-0.05, 0) is 48.1 Å². The van der Waals surface area contributed by atoms with Crippen molar-refractivity contribution in [3.8, 4) is 0 Å². The van der Waals surface area contributed by atoms with Crippen molar-refractivity contribution in [1.29, 1.82) is 0 Å². The lowest BCUT2D eigenvalue weighted by Gasteiger charge is -1.92. The Morgan fingerprint density at radius 3 is 2.67 bits per heavy atom. The normalized spacial score (nSPS) is 10.9. The highest BCUT2D eigenvalue weighted by molar-refractivity contribution is 14.1. The van der Waals surface area contributed by atoms with E-state index in [-0.39, 0.29) is 0 Å². The summed E-state index contributed by atoms with van der Waals surface area (Å²) in [5.74, 6) is 0. The molecule has 0 amide bonds. The Morgan fingerprint density at radius 1 is 1.25 bits per heavy atom. The first kappa shape index (κ1) is 8.10. The molecule has 0 fully saturated rings. The summed E-state index contributed by atoms with van der Waals surface area (Å²) < 4.78 is 1.29. The third-order valence-electron chi connectivity index (χ3n) is 2.29. The van der Waals surface area contributed by atoms with Gasteiger partial charge >= 0.3 is 0 Å². The molecule has 62 valence electrons. The molecule has 0 aliphatic carbocycles. The number of halogens is 1. The molecule has 1 heterocycles. The number of aryl methyl sites for hydroxylation is 2. The molecule has 1 aromatic carbocycles. The predicted molar refractivity (Wildman–Crippen MR) is 60.5 cm³/mol. The molecule has 1 aromatic heterocycles. The van der Waals surface area contributed by atoms with Crippen LogP contribution >= 0.6 is 22.6 Å². The van der Waals surface area contributed by atoms with Gasteiger partial charge in [0, 0.05) is 14.7 Å². The highest BCUT2D eigenvalue weighted by Crippen LogP contribution is 2.24. The van der Waals surface area contributed by atoms with E-state index in [9.17, 15) is 0 Å². The smallest absolute Gasteiger partial charge is 0.0594 e. The molecule has 0 aliphatic rings. The Balaban J connectivity index is 2.95. The van der Waals surface area contributed by atoms with E-state index < -0.39 is 0 Å². The third kappa shape index (κ3) is 1.05. The molecule has 0 spiro atoms. The minimum absolute atomic E-state index is 1.27. The number of aromatic amines is 1. The largest absolute Gasteiger partial charge is 0.358 e. The summed E-state index contributed by atoms with van der Waals surface area (Å²) in [5, 5.41) is 1.35. The number of rotatable bonds is 0. The molecular formula is C10H10IN. The summed E-state index contributed by atoms with van der Waals surface area (Å²) in [7, 11) is 0.